The highest BCUT2D eigenvalue weighted by Gasteiger charge is 2.43. The first-order valence-electron chi connectivity index (χ1n) is 6.51. The zero-order valence-electron chi connectivity index (χ0n) is 11.7. The number of nitrogen functional groups attached to an aromatic ring is 1. The molecule has 0 radical (unpaired) electrons. The number of aliphatic imine (C=N–C) groups is 1. The van der Waals surface area contributed by atoms with Crippen molar-refractivity contribution in [3.63, 3.8) is 0 Å². The molecule has 0 aliphatic carbocycles. The lowest BCUT2D eigenvalue weighted by Gasteiger charge is -2.11. The molecule has 0 spiro atoms. The van der Waals surface area contributed by atoms with Crippen LogP contribution in [0.1, 0.15) is 24.4 Å². The largest absolute Gasteiger partial charge is 0.451 e. The van der Waals surface area contributed by atoms with Crippen LogP contribution in [0.2, 0.25) is 0 Å². The number of allylic oxidation sites excluding steroid dienone is 1. The van der Waals surface area contributed by atoms with Crippen molar-refractivity contribution in [1.29, 1.82) is 0 Å². The number of rotatable bonds is 0. The van der Waals surface area contributed by atoms with Crippen LogP contribution < -0.4 is 5.73 Å². The molecule has 2 aromatic heterocycles. The van der Waals surface area contributed by atoms with Gasteiger partial charge in [-0.1, -0.05) is 6.08 Å². The van der Waals surface area contributed by atoms with E-state index in [4.69, 9.17) is 5.73 Å². The fourth-order valence-electron chi connectivity index (χ4n) is 2.19. The lowest BCUT2D eigenvalue weighted by molar-refractivity contribution is -0.151. The van der Waals surface area contributed by atoms with Crippen molar-refractivity contribution in [1.82, 2.24) is 19.7 Å². The number of anilines is 1. The van der Waals surface area contributed by atoms with Gasteiger partial charge in [-0.15, -0.1) is 5.10 Å². The number of nitrogens with zero attached hydrogens (tertiary/aromatic N) is 5. The van der Waals surface area contributed by atoms with Crippen LogP contribution in [0.5, 0.6) is 0 Å². The van der Waals surface area contributed by atoms with Gasteiger partial charge in [-0.05, 0) is 6.42 Å². The molecule has 0 unspecified atom stereocenters. The summed E-state index contributed by atoms with van der Waals surface area (Å²) in [5.41, 5.74) is 3.09. The molecule has 0 atom stereocenters. The van der Waals surface area contributed by atoms with Crippen molar-refractivity contribution in [2.45, 2.75) is 25.2 Å². The van der Waals surface area contributed by atoms with Gasteiger partial charge in [0.05, 0.1) is 5.39 Å². The summed E-state index contributed by atoms with van der Waals surface area (Å²) in [5.74, 6) is -2.24. The van der Waals surface area contributed by atoms with Gasteiger partial charge in [0.25, 0.3) is 0 Å². The number of fused-ring (bicyclic) bond motifs is 1. The van der Waals surface area contributed by atoms with Gasteiger partial charge in [0.2, 0.25) is 5.82 Å². The summed E-state index contributed by atoms with van der Waals surface area (Å²) in [4.78, 5) is 9.61. The second kappa shape index (κ2) is 5.18. The average molecular weight is 350 g/mol. The van der Waals surface area contributed by atoms with E-state index >= 15 is 0 Å². The van der Waals surface area contributed by atoms with E-state index in [2.05, 4.69) is 20.1 Å². The maximum absolute atomic E-state index is 13.1. The highest BCUT2D eigenvalue weighted by Crippen LogP contribution is 2.38. The molecule has 12 heteroatoms. The van der Waals surface area contributed by atoms with Crippen LogP contribution in [0.25, 0.3) is 11.0 Å². The zero-order valence-corrected chi connectivity index (χ0v) is 11.7. The lowest BCUT2D eigenvalue weighted by Crippen LogP contribution is -2.18. The van der Waals surface area contributed by atoms with Crippen LogP contribution in [0.3, 0.4) is 0 Å². The van der Waals surface area contributed by atoms with Crippen LogP contribution in [0, 0.1) is 0 Å². The number of hydrogen-bond donors (Lipinski definition) is 1. The van der Waals surface area contributed by atoms with Crippen molar-refractivity contribution in [3.05, 3.63) is 23.8 Å². The van der Waals surface area contributed by atoms with Crippen LogP contribution in [-0.4, -0.2) is 25.6 Å². The van der Waals surface area contributed by atoms with Crippen molar-refractivity contribution in [3.8, 4) is 0 Å². The Hall–Kier alpha value is -2.66. The molecule has 0 saturated carbocycles. The van der Waals surface area contributed by atoms with Crippen molar-refractivity contribution in [2.75, 3.05) is 5.73 Å². The second-order valence-electron chi connectivity index (χ2n) is 4.86. The van der Waals surface area contributed by atoms with Gasteiger partial charge < -0.3 is 5.73 Å². The summed E-state index contributed by atoms with van der Waals surface area (Å²) in [7, 11) is 0. The number of nitrogens with two attached hydrogens (primary N) is 1. The molecule has 2 aromatic rings. The maximum Gasteiger partial charge on any atom is 0.451 e. The SMILES string of the molecule is Nc1c2c(C(F)(F)F)nc(C(F)(F)F)nc2nn1C1=NC=CCC1. The summed E-state index contributed by atoms with van der Waals surface area (Å²) in [6, 6.07) is 0. The number of halogens is 6. The molecule has 6 nitrogen and oxygen atoms in total. The predicted octanol–water partition coefficient (Wildman–Crippen LogP) is 3.00. The molecule has 0 aromatic carbocycles. The average Bonchev–Trinajstić information content (AvgIpc) is 2.83. The summed E-state index contributed by atoms with van der Waals surface area (Å²) >= 11 is 0. The second-order valence-corrected chi connectivity index (χ2v) is 4.86. The summed E-state index contributed by atoms with van der Waals surface area (Å²) in [6.45, 7) is 0. The van der Waals surface area contributed by atoms with Crippen LogP contribution in [-0.2, 0) is 12.4 Å². The fraction of sp³-hybridized carbons (Fsp3) is 0.333. The molecule has 0 amide bonds. The van der Waals surface area contributed by atoms with Crippen LogP contribution in [0.15, 0.2) is 17.3 Å². The summed E-state index contributed by atoms with van der Waals surface area (Å²) in [5, 5.41) is 2.88. The third-order valence-electron chi connectivity index (χ3n) is 3.20. The monoisotopic (exact) mass is 350 g/mol. The minimum absolute atomic E-state index is 0.203. The van der Waals surface area contributed by atoms with E-state index in [-0.39, 0.29) is 5.84 Å². The first-order valence-corrected chi connectivity index (χ1v) is 6.51. The molecule has 1 aliphatic rings. The van der Waals surface area contributed by atoms with Gasteiger partial charge in [0, 0.05) is 12.6 Å². The summed E-state index contributed by atoms with van der Waals surface area (Å²) in [6.07, 6.45) is -6.33. The third kappa shape index (κ3) is 2.67. The standard InChI is InChI=1S/C12H8F6N6/c13-11(14,15)7-6-8(19)24(5-3-1-2-4-20-5)23-9(6)22-10(21-7)12(16,17)18/h2,4H,1,3,19H2. The van der Waals surface area contributed by atoms with E-state index < -0.39 is 40.7 Å². The zero-order chi connectivity index (χ0) is 17.7. The van der Waals surface area contributed by atoms with Crippen molar-refractivity contribution in [2.24, 2.45) is 4.99 Å². The minimum atomic E-state index is -5.16. The van der Waals surface area contributed by atoms with Gasteiger partial charge >= 0.3 is 12.4 Å². The quantitative estimate of drug-likeness (QED) is 0.741. The van der Waals surface area contributed by atoms with Gasteiger partial charge in [0.1, 0.15) is 11.7 Å². The molecule has 0 fully saturated rings. The van der Waals surface area contributed by atoms with Gasteiger partial charge in [0.15, 0.2) is 11.3 Å². The highest BCUT2D eigenvalue weighted by atomic mass is 19.4. The molecule has 3 heterocycles. The molecule has 2 N–H and O–H groups in total. The fourth-order valence-corrected chi connectivity index (χ4v) is 2.19. The molecule has 0 saturated heterocycles. The third-order valence-corrected chi connectivity index (χ3v) is 3.20. The Morgan fingerprint density at radius 1 is 1.04 bits per heavy atom. The smallest absolute Gasteiger partial charge is 0.383 e. The van der Waals surface area contributed by atoms with Crippen molar-refractivity contribution >= 4 is 22.7 Å². The molecule has 24 heavy (non-hydrogen) atoms. The van der Waals surface area contributed by atoms with E-state index in [0.29, 0.717) is 12.8 Å². The van der Waals surface area contributed by atoms with E-state index in [1.165, 1.54) is 6.20 Å². The first kappa shape index (κ1) is 16.2. The molecular weight excluding hydrogens is 342 g/mol. The Morgan fingerprint density at radius 2 is 1.75 bits per heavy atom. The molecule has 3 rings (SSSR count). The Bertz CT molecular complexity index is 860. The molecule has 128 valence electrons. The van der Waals surface area contributed by atoms with E-state index in [1.807, 2.05) is 0 Å². The topological polar surface area (TPSA) is 82.0 Å². The first-order chi connectivity index (χ1) is 11.1. The van der Waals surface area contributed by atoms with E-state index in [0.717, 1.165) is 4.68 Å². The predicted molar refractivity (Wildman–Crippen MR) is 70.9 cm³/mol. The normalized spacial score (nSPS) is 15.8. The number of hydrogen-bond acceptors (Lipinski definition) is 5. The Kier molecular flexibility index (Phi) is 3.49. The number of aromatic nitrogens is 4. The Balaban J connectivity index is 2.32. The molecular formula is C12H8F6N6. The molecule has 0 bridgehead atoms. The Labute approximate surface area is 129 Å². The van der Waals surface area contributed by atoms with E-state index in [1.54, 1.807) is 6.08 Å². The van der Waals surface area contributed by atoms with Crippen LogP contribution in [0.4, 0.5) is 32.2 Å². The molecule has 1 aliphatic heterocycles. The Morgan fingerprint density at radius 3 is 2.29 bits per heavy atom. The van der Waals surface area contributed by atoms with E-state index in [9.17, 15) is 26.3 Å². The van der Waals surface area contributed by atoms with Gasteiger partial charge in [-0.2, -0.15) is 26.3 Å². The lowest BCUT2D eigenvalue weighted by atomic mass is 10.2. The minimum Gasteiger partial charge on any atom is -0.383 e. The van der Waals surface area contributed by atoms with Crippen LogP contribution >= 0.6 is 0 Å². The summed E-state index contributed by atoms with van der Waals surface area (Å²) < 4.78 is 78.5. The maximum atomic E-state index is 13.1. The van der Waals surface area contributed by atoms with Crippen molar-refractivity contribution < 1.29 is 26.3 Å². The van der Waals surface area contributed by atoms with Gasteiger partial charge in [-0.25, -0.2) is 19.6 Å². The highest BCUT2D eigenvalue weighted by molar-refractivity contribution is 5.97. The van der Waals surface area contributed by atoms with Gasteiger partial charge in [-0.3, -0.25) is 0 Å². The number of alkyl halides is 6.